The number of anilines is 1. The molecule has 1 aromatic carbocycles. The number of nitrogens with zero attached hydrogens (tertiary/aromatic N) is 2. The molecule has 0 aliphatic rings. The molecule has 1 unspecified atom stereocenters. The minimum atomic E-state index is 0.341. The number of benzene rings is 1. The van der Waals surface area contributed by atoms with Gasteiger partial charge in [-0.05, 0) is 39.2 Å². The minimum Gasteiger partial charge on any atom is -0.478 e. The molecule has 1 heterocycles. The Morgan fingerprint density at radius 3 is 2.67 bits per heavy atom. The van der Waals surface area contributed by atoms with Gasteiger partial charge >= 0.3 is 0 Å². The van der Waals surface area contributed by atoms with E-state index in [1.165, 1.54) is 5.56 Å². The number of ether oxygens (including phenoxy) is 1. The summed E-state index contributed by atoms with van der Waals surface area (Å²) < 4.78 is 5.50. The zero-order valence-electron chi connectivity index (χ0n) is 13.0. The summed E-state index contributed by atoms with van der Waals surface area (Å²) in [4.78, 5) is 8.47. The Kier molecular flexibility index (Phi) is 5.55. The van der Waals surface area contributed by atoms with Crippen LogP contribution in [0.2, 0.25) is 0 Å². The summed E-state index contributed by atoms with van der Waals surface area (Å²) >= 11 is 0. The van der Waals surface area contributed by atoms with Crippen LogP contribution in [0.4, 0.5) is 5.82 Å². The van der Waals surface area contributed by atoms with Crippen LogP contribution >= 0.6 is 0 Å². The lowest BCUT2D eigenvalue weighted by Crippen LogP contribution is -2.18. The molecule has 0 saturated heterocycles. The van der Waals surface area contributed by atoms with Crippen molar-refractivity contribution in [3.63, 3.8) is 0 Å². The third-order valence-electron chi connectivity index (χ3n) is 3.41. The molecular formula is C17H23N3O. The number of aromatic nitrogens is 2. The molecule has 0 bridgehead atoms. The number of hydrogen-bond donors (Lipinski definition) is 1. The van der Waals surface area contributed by atoms with Gasteiger partial charge in [0.2, 0.25) is 5.88 Å². The van der Waals surface area contributed by atoms with E-state index in [1.807, 2.05) is 19.9 Å². The Hall–Kier alpha value is -2.10. The van der Waals surface area contributed by atoms with Gasteiger partial charge in [0.15, 0.2) is 0 Å². The maximum Gasteiger partial charge on any atom is 0.221 e. The second-order valence-electron chi connectivity index (χ2n) is 5.16. The predicted octanol–water partition coefficient (Wildman–Crippen LogP) is 3.62. The fourth-order valence-corrected chi connectivity index (χ4v) is 2.20. The van der Waals surface area contributed by atoms with Crippen molar-refractivity contribution < 1.29 is 4.74 Å². The normalized spacial score (nSPS) is 12.0. The van der Waals surface area contributed by atoms with Gasteiger partial charge in [-0.3, -0.25) is 0 Å². The Labute approximate surface area is 126 Å². The molecule has 0 radical (unpaired) electrons. The molecule has 1 aromatic heterocycles. The zero-order chi connectivity index (χ0) is 15.1. The SMILES string of the molecule is CCOc1ncnc(NC(C)CCc2ccccc2)c1C. The van der Waals surface area contributed by atoms with E-state index >= 15 is 0 Å². The number of aryl methyl sites for hydroxylation is 1. The van der Waals surface area contributed by atoms with E-state index in [9.17, 15) is 0 Å². The average molecular weight is 285 g/mol. The van der Waals surface area contributed by atoms with Crippen molar-refractivity contribution in [2.24, 2.45) is 0 Å². The van der Waals surface area contributed by atoms with Gasteiger partial charge in [-0.15, -0.1) is 0 Å². The lowest BCUT2D eigenvalue weighted by atomic mass is 10.1. The summed E-state index contributed by atoms with van der Waals surface area (Å²) in [5.74, 6) is 1.51. The maximum atomic E-state index is 5.50. The molecular weight excluding hydrogens is 262 g/mol. The van der Waals surface area contributed by atoms with Crippen molar-refractivity contribution in [1.82, 2.24) is 9.97 Å². The van der Waals surface area contributed by atoms with Crippen LogP contribution in [0.1, 0.15) is 31.4 Å². The second-order valence-corrected chi connectivity index (χ2v) is 5.16. The van der Waals surface area contributed by atoms with Crippen molar-refractivity contribution >= 4 is 5.82 Å². The monoisotopic (exact) mass is 285 g/mol. The van der Waals surface area contributed by atoms with E-state index in [0.29, 0.717) is 18.5 Å². The Morgan fingerprint density at radius 1 is 1.19 bits per heavy atom. The van der Waals surface area contributed by atoms with Crippen LogP contribution in [0.15, 0.2) is 36.7 Å². The summed E-state index contributed by atoms with van der Waals surface area (Å²) in [6.45, 7) is 6.72. The zero-order valence-corrected chi connectivity index (χ0v) is 13.0. The van der Waals surface area contributed by atoms with E-state index in [-0.39, 0.29) is 0 Å². The molecule has 0 aliphatic heterocycles. The fourth-order valence-electron chi connectivity index (χ4n) is 2.20. The van der Waals surface area contributed by atoms with Gasteiger partial charge in [-0.1, -0.05) is 30.3 Å². The summed E-state index contributed by atoms with van der Waals surface area (Å²) in [6, 6.07) is 10.9. The Morgan fingerprint density at radius 2 is 1.95 bits per heavy atom. The van der Waals surface area contributed by atoms with Crippen LogP contribution in [-0.4, -0.2) is 22.6 Å². The first-order chi connectivity index (χ1) is 10.2. The van der Waals surface area contributed by atoms with Crippen molar-refractivity contribution in [2.75, 3.05) is 11.9 Å². The third kappa shape index (κ3) is 4.45. The lowest BCUT2D eigenvalue weighted by Gasteiger charge is -2.17. The molecule has 4 heteroatoms. The molecule has 0 spiro atoms. The molecule has 0 aliphatic carbocycles. The van der Waals surface area contributed by atoms with Crippen LogP contribution in [-0.2, 0) is 6.42 Å². The molecule has 2 aromatic rings. The van der Waals surface area contributed by atoms with Crippen molar-refractivity contribution in [3.05, 3.63) is 47.8 Å². The lowest BCUT2D eigenvalue weighted by molar-refractivity contribution is 0.324. The van der Waals surface area contributed by atoms with Gasteiger partial charge in [0.1, 0.15) is 12.1 Å². The highest BCUT2D eigenvalue weighted by atomic mass is 16.5. The van der Waals surface area contributed by atoms with Gasteiger partial charge in [0.05, 0.1) is 12.2 Å². The Balaban J connectivity index is 1.93. The molecule has 0 fully saturated rings. The molecule has 0 amide bonds. The van der Waals surface area contributed by atoms with Gasteiger partial charge in [-0.25, -0.2) is 9.97 Å². The minimum absolute atomic E-state index is 0.341. The first-order valence-electron chi connectivity index (χ1n) is 7.45. The molecule has 1 atom stereocenters. The van der Waals surface area contributed by atoms with Crippen LogP contribution < -0.4 is 10.1 Å². The molecule has 2 rings (SSSR count). The summed E-state index contributed by atoms with van der Waals surface area (Å²) in [5, 5.41) is 3.45. The van der Waals surface area contributed by atoms with Crippen molar-refractivity contribution in [1.29, 1.82) is 0 Å². The van der Waals surface area contributed by atoms with Gasteiger partial charge < -0.3 is 10.1 Å². The van der Waals surface area contributed by atoms with Crippen molar-refractivity contribution in [3.8, 4) is 5.88 Å². The predicted molar refractivity (Wildman–Crippen MR) is 85.8 cm³/mol. The second kappa shape index (κ2) is 7.62. The summed E-state index contributed by atoms with van der Waals surface area (Å²) in [7, 11) is 0. The topological polar surface area (TPSA) is 47.0 Å². The van der Waals surface area contributed by atoms with E-state index in [1.54, 1.807) is 6.33 Å². The highest BCUT2D eigenvalue weighted by molar-refractivity contribution is 5.48. The summed E-state index contributed by atoms with van der Waals surface area (Å²) in [6.07, 6.45) is 3.65. The van der Waals surface area contributed by atoms with Crippen LogP contribution in [0, 0.1) is 6.92 Å². The smallest absolute Gasteiger partial charge is 0.221 e. The van der Waals surface area contributed by atoms with Crippen molar-refractivity contribution in [2.45, 2.75) is 39.7 Å². The molecule has 1 N–H and O–H groups in total. The van der Waals surface area contributed by atoms with E-state index in [2.05, 4.69) is 46.5 Å². The largest absolute Gasteiger partial charge is 0.478 e. The number of hydrogen-bond acceptors (Lipinski definition) is 4. The van der Waals surface area contributed by atoms with E-state index in [0.717, 1.165) is 24.2 Å². The molecule has 0 saturated carbocycles. The molecule has 112 valence electrons. The number of nitrogens with one attached hydrogen (secondary N) is 1. The van der Waals surface area contributed by atoms with E-state index < -0.39 is 0 Å². The summed E-state index contributed by atoms with van der Waals surface area (Å²) in [5.41, 5.74) is 2.33. The average Bonchev–Trinajstić information content (AvgIpc) is 2.50. The van der Waals surface area contributed by atoms with Crippen LogP contribution in [0.5, 0.6) is 5.88 Å². The van der Waals surface area contributed by atoms with Gasteiger partial charge in [0.25, 0.3) is 0 Å². The fraction of sp³-hybridized carbons (Fsp3) is 0.412. The number of rotatable bonds is 7. The standard InChI is InChI=1S/C17H23N3O/c1-4-21-17-14(3)16(18-12-19-17)20-13(2)10-11-15-8-6-5-7-9-15/h5-9,12-13H,4,10-11H2,1-3H3,(H,18,19,20). The maximum absolute atomic E-state index is 5.50. The molecule has 4 nitrogen and oxygen atoms in total. The highest BCUT2D eigenvalue weighted by Crippen LogP contribution is 2.21. The van der Waals surface area contributed by atoms with Gasteiger partial charge in [0, 0.05) is 6.04 Å². The first-order valence-corrected chi connectivity index (χ1v) is 7.45. The highest BCUT2D eigenvalue weighted by Gasteiger charge is 2.10. The van der Waals surface area contributed by atoms with E-state index in [4.69, 9.17) is 4.74 Å². The quantitative estimate of drug-likeness (QED) is 0.844. The molecule has 21 heavy (non-hydrogen) atoms. The third-order valence-corrected chi connectivity index (χ3v) is 3.41. The first kappa shape index (κ1) is 15.3. The van der Waals surface area contributed by atoms with Crippen LogP contribution in [0.3, 0.4) is 0 Å². The Bertz CT molecular complexity index is 557. The van der Waals surface area contributed by atoms with Gasteiger partial charge in [-0.2, -0.15) is 0 Å². The van der Waals surface area contributed by atoms with Crippen LogP contribution in [0.25, 0.3) is 0 Å².